The van der Waals surface area contributed by atoms with E-state index < -0.39 is 0 Å². The van der Waals surface area contributed by atoms with Gasteiger partial charge < -0.3 is 9.88 Å². The number of hydrogen-bond donors (Lipinski definition) is 1. The molecule has 0 radical (unpaired) electrons. The maximum Gasteiger partial charge on any atom is 0.250 e. The molecule has 116 valence electrons. The molecule has 0 unspecified atom stereocenters. The summed E-state index contributed by atoms with van der Waals surface area (Å²) in [5.74, 6) is -0.284. The Hall–Kier alpha value is -2.25. The van der Waals surface area contributed by atoms with Crippen LogP contribution >= 0.6 is 27.3 Å². The van der Waals surface area contributed by atoms with Crippen LogP contribution in [0.2, 0.25) is 0 Å². The number of amides is 1. The van der Waals surface area contributed by atoms with Gasteiger partial charge in [0.25, 0.3) is 5.56 Å². The molecule has 0 saturated heterocycles. The molecule has 3 aromatic rings. The fourth-order valence-electron chi connectivity index (χ4n) is 2.02. The zero-order valence-electron chi connectivity index (χ0n) is 11.9. The Labute approximate surface area is 144 Å². The molecule has 0 bridgehead atoms. The first kappa shape index (κ1) is 15.6. The molecule has 0 aliphatic rings. The van der Waals surface area contributed by atoms with Gasteiger partial charge in [-0.1, -0.05) is 34.1 Å². The SMILES string of the molecule is O=C(Cn1ccccc1=O)Nc1nc(-c2cccc(Br)c2)cs1. The lowest BCUT2D eigenvalue weighted by molar-refractivity contribution is -0.116. The van der Waals surface area contributed by atoms with Crippen molar-refractivity contribution in [1.82, 2.24) is 9.55 Å². The van der Waals surface area contributed by atoms with Crippen molar-refractivity contribution in [2.24, 2.45) is 0 Å². The number of aromatic nitrogens is 2. The summed E-state index contributed by atoms with van der Waals surface area (Å²) in [5.41, 5.74) is 1.55. The first-order chi connectivity index (χ1) is 11.1. The highest BCUT2D eigenvalue weighted by atomic mass is 79.9. The lowest BCUT2D eigenvalue weighted by Crippen LogP contribution is -2.26. The van der Waals surface area contributed by atoms with E-state index in [-0.39, 0.29) is 18.0 Å². The Morgan fingerprint density at radius 3 is 2.91 bits per heavy atom. The highest BCUT2D eigenvalue weighted by Crippen LogP contribution is 2.26. The van der Waals surface area contributed by atoms with Crippen molar-refractivity contribution in [3.05, 3.63) is 68.9 Å². The monoisotopic (exact) mass is 389 g/mol. The lowest BCUT2D eigenvalue weighted by atomic mass is 10.2. The van der Waals surface area contributed by atoms with Crippen LogP contribution in [-0.2, 0) is 11.3 Å². The Balaban J connectivity index is 1.71. The van der Waals surface area contributed by atoms with Crippen molar-refractivity contribution in [3.63, 3.8) is 0 Å². The molecule has 5 nitrogen and oxygen atoms in total. The zero-order chi connectivity index (χ0) is 16.2. The Morgan fingerprint density at radius 2 is 2.13 bits per heavy atom. The molecule has 0 aliphatic heterocycles. The summed E-state index contributed by atoms with van der Waals surface area (Å²) in [6.07, 6.45) is 1.58. The molecule has 7 heteroatoms. The van der Waals surface area contributed by atoms with Crippen LogP contribution in [0.5, 0.6) is 0 Å². The number of benzene rings is 1. The van der Waals surface area contributed by atoms with Crippen LogP contribution < -0.4 is 10.9 Å². The summed E-state index contributed by atoms with van der Waals surface area (Å²) in [6.45, 7) is -0.0362. The summed E-state index contributed by atoms with van der Waals surface area (Å²) >= 11 is 4.77. The van der Waals surface area contributed by atoms with Gasteiger partial charge in [0.1, 0.15) is 6.54 Å². The van der Waals surface area contributed by atoms with E-state index in [0.717, 1.165) is 15.7 Å². The molecule has 23 heavy (non-hydrogen) atoms. The number of carbonyl (C=O) groups is 1. The number of pyridine rings is 1. The van der Waals surface area contributed by atoms with Gasteiger partial charge in [0.05, 0.1) is 5.69 Å². The second-order valence-electron chi connectivity index (χ2n) is 4.76. The summed E-state index contributed by atoms with van der Waals surface area (Å²) < 4.78 is 2.31. The van der Waals surface area contributed by atoms with Crippen LogP contribution in [0.4, 0.5) is 5.13 Å². The van der Waals surface area contributed by atoms with Crippen molar-refractivity contribution in [2.45, 2.75) is 6.54 Å². The van der Waals surface area contributed by atoms with E-state index >= 15 is 0 Å². The zero-order valence-corrected chi connectivity index (χ0v) is 14.3. The van der Waals surface area contributed by atoms with Crippen LogP contribution in [0, 0.1) is 0 Å². The standard InChI is InChI=1S/C16H12BrN3O2S/c17-12-5-3-4-11(8-12)13-10-23-16(18-13)19-14(21)9-20-7-2-1-6-15(20)22/h1-8,10H,9H2,(H,18,19,21). The van der Waals surface area contributed by atoms with Crippen molar-refractivity contribution in [3.8, 4) is 11.3 Å². The number of nitrogens with one attached hydrogen (secondary N) is 1. The smallest absolute Gasteiger partial charge is 0.250 e. The van der Waals surface area contributed by atoms with Gasteiger partial charge in [0, 0.05) is 27.7 Å². The number of hydrogen-bond acceptors (Lipinski definition) is 4. The van der Waals surface area contributed by atoms with Gasteiger partial charge in [0.2, 0.25) is 5.91 Å². The molecule has 2 heterocycles. The van der Waals surface area contributed by atoms with Crippen LogP contribution in [0.15, 0.2) is 63.3 Å². The van der Waals surface area contributed by atoms with Crippen molar-refractivity contribution >= 4 is 38.3 Å². The minimum Gasteiger partial charge on any atom is -0.306 e. The maximum absolute atomic E-state index is 12.0. The van der Waals surface area contributed by atoms with E-state index in [1.165, 1.54) is 22.0 Å². The molecular formula is C16H12BrN3O2S. The number of thiazole rings is 1. The van der Waals surface area contributed by atoms with E-state index in [1.54, 1.807) is 18.3 Å². The van der Waals surface area contributed by atoms with Crippen molar-refractivity contribution < 1.29 is 4.79 Å². The number of rotatable bonds is 4. The summed E-state index contributed by atoms with van der Waals surface area (Å²) in [4.78, 5) is 28.0. The molecule has 1 N–H and O–H groups in total. The van der Waals surface area contributed by atoms with Gasteiger partial charge in [-0.05, 0) is 18.2 Å². The number of nitrogens with zero attached hydrogens (tertiary/aromatic N) is 2. The molecule has 3 rings (SSSR count). The average molecular weight is 390 g/mol. The second-order valence-corrected chi connectivity index (χ2v) is 6.54. The van der Waals surface area contributed by atoms with Gasteiger partial charge in [0.15, 0.2) is 5.13 Å². The predicted molar refractivity (Wildman–Crippen MR) is 94.6 cm³/mol. The van der Waals surface area contributed by atoms with Crippen LogP contribution in [0.25, 0.3) is 11.3 Å². The second kappa shape index (κ2) is 6.89. The minimum absolute atomic E-state index is 0.0362. The number of anilines is 1. The molecule has 1 aromatic carbocycles. The lowest BCUT2D eigenvalue weighted by Gasteiger charge is -2.04. The molecule has 0 saturated carbocycles. The third kappa shape index (κ3) is 3.94. The first-order valence-electron chi connectivity index (χ1n) is 6.78. The van der Waals surface area contributed by atoms with Crippen LogP contribution in [0.3, 0.4) is 0 Å². The maximum atomic E-state index is 12.0. The Morgan fingerprint density at radius 1 is 1.26 bits per heavy atom. The third-order valence-corrected chi connectivity index (χ3v) is 4.33. The highest BCUT2D eigenvalue weighted by molar-refractivity contribution is 9.10. The highest BCUT2D eigenvalue weighted by Gasteiger charge is 2.09. The number of halogens is 1. The summed E-state index contributed by atoms with van der Waals surface area (Å²) in [6, 6.07) is 12.6. The van der Waals surface area contributed by atoms with E-state index in [1.807, 2.05) is 29.6 Å². The largest absolute Gasteiger partial charge is 0.306 e. The molecule has 0 atom stereocenters. The topological polar surface area (TPSA) is 64.0 Å². The third-order valence-electron chi connectivity index (χ3n) is 3.08. The molecular weight excluding hydrogens is 378 g/mol. The van der Waals surface area contributed by atoms with Gasteiger partial charge in [-0.25, -0.2) is 4.98 Å². The van der Waals surface area contributed by atoms with Gasteiger partial charge in [-0.2, -0.15) is 0 Å². The van der Waals surface area contributed by atoms with Crippen LogP contribution in [-0.4, -0.2) is 15.5 Å². The minimum atomic E-state index is -0.284. The fourth-order valence-corrected chi connectivity index (χ4v) is 3.15. The summed E-state index contributed by atoms with van der Waals surface area (Å²) in [7, 11) is 0. The molecule has 1 amide bonds. The summed E-state index contributed by atoms with van der Waals surface area (Å²) in [5, 5.41) is 5.11. The van der Waals surface area contributed by atoms with Crippen molar-refractivity contribution in [2.75, 3.05) is 5.32 Å². The van der Waals surface area contributed by atoms with E-state index in [4.69, 9.17) is 0 Å². The Kier molecular flexibility index (Phi) is 4.68. The number of carbonyl (C=O) groups excluding carboxylic acids is 1. The van der Waals surface area contributed by atoms with E-state index in [0.29, 0.717) is 5.13 Å². The normalized spacial score (nSPS) is 10.5. The van der Waals surface area contributed by atoms with Gasteiger partial charge in [-0.3, -0.25) is 9.59 Å². The average Bonchev–Trinajstić information content (AvgIpc) is 2.98. The fraction of sp³-hybridized carbons (Fsp3) is 0.0625. The molecule has 0 spiro atoms. The predicted octanol–water partition coefficient (Wildman–Crippen LogP) is 3.37. The van der Waals surface area contributed by atoms with E-state index in [2.05, 4.69) is 26.2 Å². The first-order valence-corrected chi connectivity index (χ1v) is 8.46. The van der Waals surface area contributed by atoms with Crippen molar-refractivity contribution in [1.29, 1.82) is 0 Å². The van der Waals surface area contributed by atoms with Crippen LogP contribution in [0.1, 0.15) is 0 Å². The quantitative estimate of drug-likeness (QED) is 0.743. The van der Waals surface area contributed by atoms with Gasteiger partial charge in [-0.15, -0.1) is 11.3 Å². The van der Waals surface area contributed by atoms with E-state index in [9.17, 15) is 9.59 Å². The van der Waals surface area contributed by atoms with Gasteiger partial charge >= 0.3 is 0 Å². The molecule has 0 fully saturated rings. The molecule has 0 aliphatic carbocycles. The molecule has 2 aromatic heterocycles. The Bertz CT molecular complexity index is 904.